The molecule has 0 unspecified atom stereocenters. The second kappa shape index (κ2) is 6.95. The molecule has 0 radical (unpaired) electrons. The van der Waals surface area contributed by atoms with E-state index in [-0.39, 0.29) is 0 Å². The normalized spacial score (nSPS) is 11.7. The Morgan fingerprint density at radius 1 is 1.38 bits per heavy atom. The number of nitrogens with zero attached hydrogens (tertiary/aromatic N) is 3. The van der Waals surface area contributed by atoms with Gasteiger partial charge in [-0.1, -0.05) is 25.1 Å². The summed E-state index contributed by atoms with van der Waals surface area (Å²) in [5.74, 6) is 7.13. The van der Waals surface area contributed by atoms with Crippen LogP contribution in [0.3, 0.4) is 0 Å². The number of rotatable bonds is 5. The Morgan fingerprint density at radius 3 is 2.92 bits per heavy atom. The van der Waals surface area contributed by atoms with Crippen molar-refractivity contribution in [1.82, 2.24) is 9.97 Å². The van der Waals surface area contributed by atoms with E-state index in [4.69, 9.17) is 5.84 Å². The minimum atomic E-state index is 0.709. The molecule has 2 N–H and O–H groups in total. The zero-order chi connectivity index (χ0) is 17.1. The molecule has 3 rings (SSSR count). The molecule has 3 heterocycles. The highest BCUT2D eigenvalue weighted by molar-refractivity contribution is 7.20. The number of aryl methyl sites for hydroxylation is 1. The van der Waals surface area contributed by atoms with Crippen LogP contribution < -0.4 is 10.9 Å². The molecule has 24 heavy (non-hydrogen) atoms. The van der Waals surface area contributed by atoms with Crippen LogP contribution in [0.5, 0.6) is 0 Å². The fourth-order valence-corrected chi connectivity index (χ4v) is 3.39. The first-order valence-corrected chi connectivity index (χ1v) is 8.62. The molecule has 122 valence electrons. The van der Waals surface area contributed by atoms with Crippen molar-refractivity contribution in [3.63, 3.8) is 0 Å². The summed E-state index contributed by atoms with van der Waals surface area (Å²) in [6.07, 6.45) is 6.57. The fourth-order valence-electron chi connectivity index (χ4n) is 2.35. The lowest BCUT2D eigenvalue weighted by molar-refractivity contribution is 1.03. The molecule has 0 fully saturated rings. The van der Waals surface area contributed by atoms with Crippen LogP contribution in [0.2, 0.25) is 0 Å². The van der Waals surface area contributed by atoms with Gasteiger partial charge in [-0.2, -0.15) is 0 Å². The van der Waals surface area contributed by atoms with Crippen molar-refractivity contribution in [1.29, 1.82) is 0 Å². The van der Waals surface area contributed by atoms with Crippen LogP contribution in [0.4, 0.5) is 5.82 Å². The molecule has 0 bridgehead atoms. The first-order valence-electron chi connectivity index (χ1n) is 7.80. The molecule has 0 aliphatic carbocycles. The highest BCUT2D eigenvalue weighted by Gasteiger charge is 2.15. The van der Waals surface area contributed by atoms with Crippen LogP contribution in [0, 0.1) is 6.92 Å². The standard InChI is InChI=1S/C19H20N4S/c1-4-13(2)10-16(23(20)19-7-5-6-14(3)22-19)18-11-15-12-21-9-8-17(15)24-18/h5-12H,2,4,20H2,1,3H3/b16-10-. The largest absolute Gasteiger partial charge is 0.264 e. The van der Waals surface area contributed by atoms with Crippen molar-refractivity contribution in [2.75, 3.05) is 5.01 Å². The molecule has 4 nitrogen and oxygen atoms in total. The maximum Gasteiger partial charge on any atom is 0.147 e. The Bertz CT molecular complexity index is 877. The third kappa shape index (κ3) is 3.37. The lowest BCUT2D eigenvalue weighted by Gasteiger charge is -2.21. The van der Waals surface area contributed by atoms with Gasteiger partial charge in [0.1, 0.15) is 5.82 Å². The van der Waals surface area contributed by atoms with Crippen molar-refractivity contribution in [3.05, 3.63) is 71.5 Å². The molecular formula is C19H20N4S. The molecule has 0 saturated carbocycles. The number of pyridine rings is 2. The lowest BCUT2D eigenvalue weighted by Crippen LogP contribution is -2.29. The van der Waals surface area contributed by atoms with E-state index in [0.29, 0.717) is 5.82 Å². The summed E-state index contributed by atoms with van der Waals surface area (Å²) in [5, 5.41) is 2.74. The quantitative estimate of drug-likeness (QED) is 0.417. The monoisotopic (exact) mass is 336 g/mol. The first kappa shape index (κ1) is 16.4. The van der Waals surface area contributed by atoms with E-state index < -0.39 is 0 Å². The molecule has 0 spiro atoms. The zero-order valence-electron chi connectivity index (χ0n) is 13.9. The Labute approximate surface area is 145 Å². The number of fused-ring (bicyclic) bond motifs is 1. The van der Waals surface area contributed by atoms with Gasteiger partial charge in [0.05, 0.1) is 10.6 Å². The van der Waals surface area contributed by atoms with E-state index in [9.17, 15) is 0 Å². The molecular weight excluding hydrogens is 316 g/mol. The maximum absolute atomic E-state index is 6.42. The van der Waals surface area contributed by atoms with E-state index in [1.54, 1.807) is 22.5 Å². The molecule has 3 aromatic heterocycles. The molecule has 0 aliphatic heterocycles. The van der Waals surface area contributed by atoms with E-state index in [0.717, 1.165) is 33.6 Å². The Kier molecular flexibility index (Phi) is 4.74. The maximum atomic E-state index is 6.42. The van der Waals surface area contributed by atoms with Crippen LogP contribution >= 0.6 is 11.3 Å². The van der Waals surface area contributed by atoms with E-state index in [1.165, 1.54) is 4.70 Å². The van der Waals surface area contributed by atoms with Crippen molar-refractivity contribution in [2.24, 2.45) is 5.84 Å². The van der Waals surface area contributed by atoms with Gasteiger partial charge in [-0.15, -0.1) is 11.3 Å². The fraction of sp³-hybridized carbons (Fsp3) is 0.158. The Morgan fingerprint density at radius 2 is 2.21 bits per heavy atom. The number of allylic oxidation sites excluding steroid dienone is 2. The van der Waals surface area contributed by atoms with Gasteiger partial charge in [-0.25, -0.2) is 10.8 Å². The van der Waals surface area contributed by atoms with Gasteiger partial charge in [0, 0.05) is 28.2 Å². The zero-order valence-corrected chi connectivity index (χ0v) is 14.7. The van der Waals surface area contributed by atoms with Gasteiger partial charge in [0.2, 0.25) is 0 Å². The SMILES string of the molecule is C=C(/C=C(/c1cc2cnccc2s1)N(N)c1cccc(C)n1)CC. The average molecular weight is 336 g/mol. The van der Waals surface area contributed by atoms with E-state index >= 15 is 0 Å². The van der Waals surface area contributed by atoms with Gasteiger partial charge >= 0.3 is 0 Å². The third-order valence-corrected chi connectivity index (χ3v) is 4.88. The minimum Gasteiger partial charge on any atom is -0.264 e. The summed E-state index contributed by atoms with van der Waals surface area (Å²) in [6.45, 7) is 8.13. The van der Waals surface area contributed by atoms with Gasteiger partial charge in [-0.3, -0.25) is 9.99 Å². The molecule has 0 amide bonds. The third-order valence-electron chi connectivity index (χ3n) is 3.74. The summed E-state index contributed by atoms with van der Waals surface area (Å²) >= 11 is 1.69. The summed E-state index contributed by atoms with van der Waals surface area (Å²) in [4.78, 5) is 9.79. The number of hydrazine groups is 1. The van der Waals surface area contributed by atoms with Crippen LogP contribution in [-0.2, 0) is 0 Å². The number of anilines is 1. The summed E-state index contributed by atoms with van der Waals surface area (Å²) < 4.78 is 1.18. The van der Waals surface area contributed by atoms with Crippen molar-refractivity contribution in [2.45, 2.75) is 20.3 Å². The van der Waals surface area contributed by atoms with Crippen LogP contribution in [0.15, 0.2) is 61.0 Å². The first-order chi connectivity index (χ1) is 11.6. The number of hydrogen-bond acceptors (Lipinski definition) is 5. The van der Waals surface area contributed by atoms with E-state index in [2.05, 4.69) is 29.5 Å². The molecule has 3 aromatic rings. The lowest BCUT2D eigenvalue weighted by atomic mass is 10.1. The predicted molar refractivity (Wildman–Crippen MR) is 103 cm³/mol. The highest BCUT2D eigenvalue weighted by Crippen LogP contribution is 2.33. The number of hydrogen-bond donors (Lipinski definition) is 1. The van der Waals surface area contributed by atoms with Crippen LogP contribution in [-0.4, -0.2) is 9.97 Å². The summed E-state index contributed by atoms with van der Waals surface area (Å²) in [5.41, 5.74) is 2.84. The van der Waals surface area contributed by atoms with Gasteiger partial charge in [0.15, 0.2) is 0 Å². The molecule has 0 atom stereocenters. The number of aromatic nitrogens is 2. The second-order valence-corrected chi connectivity index (χ2v) is 6.66. The average Bonchev–Trinajstić information content (AvgIpc) is 3.02. The minimum absolute atomic E-state index is 0.709. The van der Waals surface area contributed by atoms with Gasteiger partial charge in [-0.05, 0) is 43.7 Å². The second-order valence-electron chi connectivity index (χ2n) is 5.57. The predicted octanol–water partition coefficient (Wildman–Crippen LogP) is 4.69. The van der Waals surface area contributed by atoms with Crippen LogP contribution in [0.1, 0.15) is 23.9 Å². The Balaban J connectivity index is 2.09. The molecule has 0 aromatic carbocycles. The van der Waals surface area contributed by atoms with E-state index in [1.807, 2.05) is 43.5 Å². The number of thiophene rings is 1. The topological polar surface area (TPSA) is 55.0 Å². The van der Waals surface area contributed by atoms with Crippen molar-refractivity contribution in [3.8, 4) is 0 Å². The van der Waals surface area contributed by atoms with Crippen molar-refractivity contribution < 1.29 is 0 Å². The van der Waals surface area contributed by atoms with Crippen LogP contribution in [0.25, 0.3) is 15.8 Å². The van der Waals surface area contributed by atoms with Gasteiger partial charge in [0.25, 0.3) is 0 Å². The Hall–Kier alpha value is -2.50. The smallest absolute Gasteiger partial charge is 0.147 e. The van der Waals surface area contributed by atoms with Gasteiger partial charge < -0.3 is 0 Å². The molecule has 0 saturated heterocycles. The summed E-state index contributed by atoms with van der Waals surface area (Å²) in [6, 6.07) is 9.94. The summed E-state index contributed by atoms with van der Waals surface area (Å²) in [7, 11) is 0. The molecule has 5 heteroatoms. The number of nitrogens with two attached hydrogens (primary N) is 1. The van der Waals surface area contributed by atoms with Crippen molar-refractivity contribution >= 4 is 32.9 Å². The molecule has 0 aliphatic rings. The highest BCUT2D eigenvalue weighted by atomic mass is 32.1.